The largest absolute Gasteiger partial charge is 0.271 e. The molecule has 0 aromatic heterocycles. The van der Waals surface area contributed by atoms with Crippen molar-refractivity contribution in [2.45, 2.75) is 6.42 Å². The molecule has 2 aromatic rings. The fourth-order valence-electron chi connectivity index (χ4n) is 2.23. The van der Waals surface area contributed by atoms with Gasteiger partial charge in [0, 0.05) is 30.7 Å². The van der Waals surface area contributed by atoms with Gasteiger partial charge in [0.05, 0.1) is 21.2 Å². The molecule has 0 fully saturated rings. The Morgan fingerprint density at radius 1 is 0.905 bits per heavy atom. The summed E-state index contributed by atoms with van der Waals surface area (Å²) in [5, 5.41) is 21.4. The van der Waals surface area contributed by atoms with Crippen molar-refractivity contribution in [1.82, 2.24) is 0 Å². The Labute approximate surface area is 118 Å². The normalized spacial score (nSPS) is 12.7. The Balaban J connectivity index is 1.93. The maximum atomic E-state index is 10.7. The number of benzene rings is 2. The summed E-state index contributed by atoms with van der Waals surface area (Å²) >= 11 is 0. The molecule has 0 saturated heterocycles. The summed E-state index contributed by atoms with van der Waals surface area (Å²) in [6.45, 7) is 0. The molecule has 0 radical (unpaired) electrons. The Morgan fingerprint density at radius 2 is 1.52 bits per heavy atom. The SMILES string of the molecule is O=[N+]([O-])c1ccc(C2=Nc3cc([N+](=O)[O-])ccc3C2)cc1. The van der Waals surface area contributed by atoms with Crippen molar-refractivity contribution in [2.75, 3.05) is 0 Å². The van der Waals surface area contributed by atoms with Crippen LogP contribution in [0.2, 0.25) is 0 Å². The van der Waals surface area contributed by atoms with Gasteiger partial charge in [0.2, 0.25) is 0 Å². The summed E-state index contributed by atoms with van der Waals surface area (Å²) < 4.78 is 0. The van der Waals surface area contributed by atoms with Crippen LogP contribution in [-0.4, -0.2) is 15.6 Å². The van der Waals surface area contributed by atoms with E-state index in [9.17, 15) is 20.2 Å². The summed E-state index contributed by atoms with van der Waals surface area (Å²) in [5.74, 6) is 0. The smallest absolute Gasteiger partial charge is 0.258 e. The van der Waals surface area contributed by atoms with Gasteiger partial charge in [0.25, 0.3) is 11.4 Å². The van der Waals surface area contributed by atoms with E-state index >= 15 is 0 Å². The van der Waals surface area contributed by atoms with Crippen molar-refractivity contribution in [3.8, 4) is 0 Å². The molecule has 2 aromatic carbocycles. The summed E-state index contributed by atoms with van der Waals surface area (Å²) in [5.41, 5.74) is 3.04. The van der Waals surface area contributed by atoms with E-state index in [2.05, 4.69) is 4.99 Å². The van der Waals surface area contributed by atoms with Gasteiger partial charge in [0.1, 0.15) is 0 Å². The molecule has 21 heavy (non-hydrogen) atoms. The van der Waals surface area contributed by atoms with Crippen LogP contribution in [0.15, 0.2) is 47.5 Å². The minimum absolute atomic E-state index is 0.00227. The number of fused-ring (bicyclic) bond motifs is 1. The van der Waals surface area contributed by atoms with Crippen LogP contribution in [0.1, 0.15) is 11.1 Å². The van der Waals surface area contributed by atoms with E-state index in [1.165, 1.54) is 24.3 Å². The van der Waals surface area contributed by atoms with Gasteiger partial charge in [-0.3, -0.25) is 25.2 Å². The molecule has 1 aliphatic rings. The van der Waals surface area contributed by atoms with Crippen LogP contribution in [0.25, 0.3) is 0 Å². The average Bonchev–Trinajstić information content (AvgIpc) is 2.90. The predicted octanol–water partition coefficient (Wildman–Crippen LogP) is 3.18. The zero-order valence-corrected chi connectivity index (χ0v) is 10.7. The number of aliphatic imine (C=N–C) groups is 1. The van der Waals surface area contributed by atoms with Gasteiger partial charge in [-0.2, -0.15) is 0 Å². The monoisotopic (exact) mass is 283 g/mol. The third-order valence-electron chi connectivity index (χ3n) is 3.30. The molecule has 0 atom stereocenters. The third kappa shape index (κ3) is 2.36. The number of hydrogen-bond acceptors (Lipinski definition) is 5. The molecule has 7 nitrogen and oxygen atoms in total. The molecule has 0 saturated carbocycles. The zero-order chi connectivity index (χ0) is 15.0. The number of nitro groups is 2. The molecule has 0 N–H and O–H groups in total. The van der Waals surface area contributed by atoms with Crippen LogP contribution in [0, 0.1) is 20.2 Å². The first-order valence-corrected chi connectivity index (χ1v) is 6.14. The van der Waals surface area contributed by atoms with Crippen molar-refractivity contribution in [3.05, 3.63) is 73.8 Å². The van der Waals surface area contributed by atoms with Crippen molar-refractivity contribution in [1.29, 1.82) is 0 Å². The van der Waals surface area contributed by atoms with Gasteiger partial charge in [0.15, 0.2) is 0 Å². The Bertz CT molecular complexity index is 781. The minimum Gasteiger partial charge on any atom is -0.258 e. The summed E-state index contributed by atoms with van der Waals surface area (Å²) in [6.07, 6.45) is 0.561. The summed E-state index contributed by atoms with van der Waals surface area (Å²) in [4.78, 5) is 24.8. The highest BCUT2D eigenvalue weighted by Crippen LogP contribution is 2.32. The second-order valence-electron chi connectivity index (χ2n) is 4.61. The van der Waals surface area contributed by atoms with Crippen LogP contribution in [0.5, 0.6) is 0 Å². The highest BCUT2D eigenvalue weighted by molar-refractivity contribution is 6.06. The average molecular weight is 283 g/mol. The molecule has 0 aliphatic carbocycles. The second kappa shape index (κ2) is 4.78. The van der Waals surface area contributed by atoms with Crippen LogP contribution < -0.4 is 0 Å². The number of hydrogen-bond donors (Lipinski definition) is 0. The molecule has 104 valence electrons. The fraction of sp³-hybridized carbons (Fsp3) is 0.0714. The topological polar surface area (TPSA) is 98.6 Å². The van der Waals surface area contributed by atoms with E-state index in [1.54, 1.807) is 18.2 Å². The van der Waals surface area contributed by atoms with Gasteiger partial charge in [-0.05, 0) is 29.3 Å². The van der Waals surface area contributed by atoms with Crippen LogP contribution in [0.3, 0.4) is 0 Å². The van der Waals surface area contributed by atoms with Gasteiger partial charge in [-0.25, -0.2) is 0 Å². The van der Waals surface area contributed by atoms with E-state index in [0.717, 1.165) is 16.8 Å². The van der Waals surface area contributed by atoms with E-state index < -0.39 is 9.85 Å². The maximum Gasteiger partial charge on any atom is 0.271 e. The standard InChI is InChI=1S/C14H9N3O4/c18-16(19)11-4-1-9(2-5-11)13-7-10-3-6-12(17(20)21)8-14(10)15-13/h1-6,8H,7H2. The first-order valence-electron chi connectivity index (χ1n) is 6.14. The third-order valence-corrected chi connectivity index (χ3v) is 3.30. The van der Waals surface area contributed by atoms with Crippen molar-refractivity contribution in [3.63, 3.8) is 0 Å². The molecule has 0 amide bonds. The number of non-ortho nitro benzene ring substituents is 2. The number of nitro benzene ring substituents is 2. The lowest BCUT2D eigenvalue weighted by Gasteiger charge is -1.99. The highest BCUT2D eigenvalue weighted by Gasteiger charge is 2.19. The second-order valence-corrected chi connectivity index (χ2v) is 4.61. The summed E-state index contributed by atoms with van der Waals surface area (Å²) in [7, 11) is 0. The van der Waals surface area contributed by atoms with Gasteiger partial charge in [-0.15, -0.1) is 0 Å². The Kier molecular flexibility index (Phi) is 2.94. The summed E-state index contributed by atoms with van der Waals surface area (Å²) in [6, 6.07) is 10.7. The van der Waals surface area contributed by atoms with E-state index in [-0.39, 0.29) is 11.4 Å². The molecular formula is C14H9N3O4. The molecule has 0 bridgehead atoms. The molecular weight excluding hydrogens is 274 g/mol. The van der Waals surface area contributed by atoms with Gasteiger partial charge < -0.3 is 0 Å². The first kappa shape index (κ1) is 12.9. The lowest BCUT2D eigenvalue weighted by Crippen LogP contribution is -2.00. The van der Waals surface area contributed by atoms with Crippen molar-refractivity contribution >= 4 is 22.8 Å². The molecule has 1 heterocycles. The van der Waals surface area contributed by atoms with Crippen molar-refractivity contribution in [2.24, 2.45) is 4.99 Å². The van der Waals surface area contributed by atoms with Crippen molar-refractivity contribution < 1.29 is 9.85 Å². The Hall–Kier alpha value is -3.09. The first-order chi connectivity index (χ1) is 10.0. The van der Waals surface area contributed by atoms with E-state index in [4.69, 9.17) is 0 Å². The lowest BCUT2D eigenvalue weighted by atomic mass is 10.0. The van der Waals surface area contributed by atoms with Crippen LogP contribution in [0.4, 0.5) is 17.1 Å². The number of nitrogens with zero attached hydrogens (tertiary/aromatic N) is 3. The molecule has 0 unspecified atom stereocenters. The number of rotatable bonds is 3. The van der Waals surface area contributed by atoms with Gasteiger partial charge in [-0.1, -0.05) is 0 Å². The predicted molar refractivity (Wildman–Crippen MR) is 76.1 cm³/mol. The fourth-order valence-corrected chi connectivity index (χ4v) is 2.23. The molecule has 1 aliphatic heterocycles. The molecule has 0 spiro atoms. The Morgan fingerprint density at radius 3 is 2.14 bits per heavy atom. The van der Waals surface area contributed by atoms with Crippen LogP contribution >= 0.6 is 0 Å². The quantitative estimate of drug-likeness (QED) is 0.638. The zero-order valence-electron chi connectivity index (χ0n) is 10.7. The van der Waals surface area contributed by atoms with Gasteiger partial charge >= 0.3 is 0 Å². The van der Waals surface area contributed by atoms with E-state index in [0.29, 0.717) is 12.1 Å². The molecule has 3 rings (SSSR count). The highest BCUT2D eigenvalue weighted by atomic mass is 16.6. The maximum absolute atomic E-state index is 10.7. The van der Waals surface area contributed by atoms with E-state index in [1.807, 2.05) is 0 Å². The van der Waals surface area contributed by atoms with Crippen LogP contribution in [-0.2, 0) is 6.42 Å². The minimum atomic E-state index is -0.460. The lowest BCUT2D eigenvalue weighted by molar-refractivity contribution is -0.385. The molecule has 7 heteroatoms.